The molecular weight excluding hydrogens is 368 g/mol. The molecule has 0 fully saturated rings. The van der Waals surface area contributed by atoms with Crippen LogP contribution in [0.15, 0.2) is 60.7 Å². The summed E-state index contributed by atoms with van der Waals surface area (Å²) in [5.74, 6) is -2.55. The minimum atomic E-state index is -1.28. The van der Waals surface area contributed by atoms with E-state index in [0.717, 1.165) is 0 Å². The molecule has 0 aromatic heterocycles. The number of thioether (sulfide) groups is 1. The van der Waals surface area contributed by atoms with Crippen molar-refractivity contribution in [3.63, 3.8) is 0 Å². The highest BCUT2D eigenvalue weighted by Gasteiger charge is 2.28. The predicted octanol–water partition coefficient (Wildman–Crippen LogP) is 1.91. The van der Waals surface area contributed by atoms with Gasteiger partial charge in [0.25, 0.3) is 11.8 Å². The first-order valence-corrected chi connectivity index (χ1v) is 8.91. The van der Waals surface area contributed by atoms with E-state index in [1.807, 2.05) is 0 Å². The van der Waals surface area contributed by atoms with Crippen molar-refractivity contribution >= 4 is 34.7 Å². The Balaban J connectivity index is 2.17. The summed E-state index contributed by atoms with van der Waals surface area (Å²) in [5.41, 5.74) is 0.676. The fourth-order valence-electron chi connectivity index (χ4n) is 2.04. The minimum Gasteiger partial charge on any atom is -0.480 e. The maximum Gasteiger partial charge on any atom is 0.325 e. The van der Waals surface area contributed by atoms with Gasteiger partial charge in [-0.25, -0.2) is 0 Å². The van der Waals surface area contributed by atoms with Gasteiger partial charge in [-0.05, 0) is 30.8 Å². The fourth-order valence-corrected chi connectivity index (χ4v) is 2.87. The van der Waals surface area contributed by atoms with Crippen LogP contribution in [0.5, 0.6) is 0 Å². The van der Waals surface area contributed by atoms with Crippen LogP contribution in [-0.2, 0) is 9.59 Å². The number of nitrogens with one attached hydrogen (secondary N) is 2. The molecule has 3 N–H and O–H groups in total. The maximum atomic E-state index is 12.4. The van der Waals surface area contributed by atoms with Gasteiger partial charge in [0.15, 0.2) is 5.37 Å². The quantitative estimate of drug-likeness (QED) is 0.627. The average Bonchev–Trinajstić information content (AvgIpc) is 2.68. The SMILES string of the molecule is CC(NC(=O)C(NC(=O)c1ccccc1)SC(=O)c1ccccc1)C(=O)O. The van der Waals surface area contributed by atoms with E-state index in [9.17, 15) is 19.2 Å². The average molecular weight is 386 g/mol. The lowest BCUT2D eigenvalue weighted by molar-refractivity contribution is -0.141. The molecule has 0 heterocycles. The molecule has 0 saturated carbocycles. The van der Waals surface area contributed by atoms with Gasteiger partial charge in [0, 0.05) is 11.1 Å². The van der Waals surface area contributed by atoms with Crippen LogP contribution in [-0.4, -0.2) is 39.4 Å². The second-order valence-electron chi connectivity index (χ2n) is 5.56. The normalized spacial score (nSPS) is 12.5. The summed E-state index contributed by atoms with van der Waals surface area (Å²) in [6.07, 6.45) is 0. The van der Waals surface area contributed by atoms with Crippen LogP contribution in [0.2, 0.25) is 0 Å². The summed E-state index contributed by atoms with van der Waals surface area (Å²) in [6.45, 7) is 1.29. The van der Waals surface area contributed by atoms with Gasteiger partial charge in [-0.1, -0.05) is 48.5 Å². The highest BCUT2D eigenvalue weighted by atomic mass is 32.2. The van der Waals surface area contributed by atoms with Crippen molar-refractivity contribution in [1.82, 2.24) is 10.6 Å². The first-order chi connectivity index (χ1) is 12.9. The molecule has 2 aromatic carbocycles. The molecule has 140 valence electrons. The van der Waals surface area contributed by atoms with E-state index in [-0.39, 0.29) is 0 Å². The van der Waals surface area contributed by atoms with Gasteiger partial charge in [0.2, 0.25) is 5.12 Å². The molecule has 7 nitrogen and oxygen atoms in total. The highest BCUT2D eigenvalue weighted by molar-refractivity contribution is 8.15. The molecule has 0 radical (unpaired) electrons. The van der Waals surface area contributed by atoms with Crippen LogP contribution >= 0.6 is 11.8 Å². The minimum absolute atomic E-state index is 0.314. The Kier molecular flexibility index (Phi) is 7.13. The van der Waals surface area contributed by atoms with Crippen LogP contribution in [0, 0.1) is 0 Å². The molecule has 8 heteroatoms. The number of aliphatic carboxylic acids is 1. The van der Waals surface area contributed by atoms with Crippen molar-refractivity contribution in [1.29, 1.82) is 0 Å². The summed E-state index contributed by atoms with van der Waals surface area (Å²) in [6, 6.07) is 15.3. The fraction of sp³-hybridized carbons (Fsp3) is 0.158. The van der Waals surface area contributed by atoms with E-state index < -0.39 is 34.3 Å². The van der Waals surface area contributed by atoms with Crippen molar-refractivity contribution in [3.05, 3.63) is 71.8 Å². The predicted molar refractivity (Wildman–Crippen MR) is 101 cm³/mol. The Bertz CT molecular complexity index is 773. The molecule has 0 bridgehead atoms. The lowest BCUT2D eigenvalue weighted by atomic mass is 10.2. The van der Waals surface area contributed by atoms with E-state index in [1.165, 1.54) is 6.92 Å². The third-order valence-corrected chi connectivity index (χ3v) is 4.52. The molecule has 0 aliphatic carbocycles. The summed E-state index contributed by atoms with van der Waals surface area (Å²) in [5, 5.41) is 12.0. The first-order valence-electron chi connectivity index (χ1n) is 8.03. The van der Waals surface area contributed by atoms with Gasteiger partial charge in [0.05, 0.1) is 0 Å². The van der Waals surface area contributed by atoms with Crippen molar-refractivity contribution in [2.45, 2.75) is 18.3 Å². The van der Waals surface area contributed by atoms with Gasteiger partial charge in [-0.15, -0.1) is 0 Å². The summed E-state index contributed by atoms with van der Waals surface area (Å²) < 4.78 is 0. The molecule has 27 heavy (non-hydrogen) atoms. The van der Waals surface area contributed by atoms with E-state index >= 15 is 0 Å². The van der Waals surface area contributed by atoms with Crippen LogP contribution in [0.25, 0.3) is 0 Å². The third kappa shape index (κ3) is 5.96. The van der Waals surface area contributed by atoms with E-state index in [0.29, 0.717) is 22.9 Å². The van der Waals surface area contributed by atoms with Gasteiger partial charge in [-0.3, -0.25) is 19.2 Å². The third-order valence-electron chi connectivity index (χ3n) is 3.50. The zero-order chi connectivity index (χ0) is 19.8. The Morgan fingerprint density at radius 3 is 1.89 bits per heavy atom. The first kappa shape index (κ1) is 20.2. The zero-order valence-corrected chi connectivity index (χ0v) is 15.2. The molecule has 2 rings (SSSR count). The Hall–Kier alpha value is -3.13. The number of carboxylic acids is 1. The van der Waals surface area contributed by atoms with Crippen molar-refractivity contribution in [2.24, 2.45) is 0 Å². The lowest BCUT2D eigenvalue weighted by Gasteiger charge is -2.19. The Morgan fingerprint density at radius 1 is 0.852 bits per heavy atom. The Morgan fingerprint density at radius 2 is 1.37 bits per heavy atom. The van der Waals surface area contributed by atoms with Gasteiger partial charge >= 0.3 is 5.97 Å². The lowest BCUT2D eigenvalue weighted by Crippen LogP contribution is -2.49. The smallest absolute Gasteiger partial charge is 0.325 e. The maximum absolute atomic E-state index is 12.4. The van der Waals surface area contributed by atoms with Gasteiger partial charge in [-0.2, -0.15) is 0 Å². The number of carbonyl (C=O) groups is 4. The number of hydrogen-bond donors (Lipinski definition) is 3. The molecule has 2 aromatic rings. The Labute approximate surface area is 160 Å². The van der Waals surface area contributed by atoms with Crippen LogP contribution < -0.4 is 10.6 Å². The number of carboxylic acid groups (broad SMARTS) is 1. The second kappa shape index (κ2) is 9.54. The number of carbonyl (C=O) groups excluding carboxylic acids is 3. The number of amides is 2. The number of hydrogen-bond acceptors (Lipinski definition) is 5. The van der Waals surface area contributed by atoms with Crippen LogP contribution in [0.4, 0.5) is 0 Å². The van der Waals surface area contributed by atoms with Crippen molar-refractivity contribution < 1.29 is 24.3 Å². The molecular formula is C19H18N2O5S. The van der Waals surface area contributed by atoms with E-state index in [1.54, 1.807) is 60.7 Å². The van der Waals surface area contributed by atoms with E-state index in [4.69, 9.17) is 5.11 Å². The molecule has 0 saturated heterocycles. The van der Waals surface area contributed by atoms with Crippen LogP contribution in [0.3, 0.4) is 0 Å². The summed E-state index contributed by atoms with van der Waals surface area (Å²) in [4.78, 5) is 48.2. The van der Waals surface area contributed by atoms with E-state index in [2.05, 4.69) is 10.6 Å². The van der Waals surface area contributed by atoms with Crippen LogP contribution in [0.1, 0.15) is 27.6 Å². The molecule has 2 unspecified atom stereocenters. The topological polar surface area (TPSA) is 113 Å². The molecule has 2 atom stereocenters. The van der Waals surface area contributed by atoms with Gasteiger partial charge < -0.3 is 15.7 Å². The van der Waals surface area contributed by atoms with Crippen molar-refractivity contribution in [2.75, 3.05) is 0 Å². The number of rotatable bonds is 7. The molecule has 0 spiro atoms. The molecule has 2 amide bonds. The molecule has 0 aliphatic heterocycles. The van der Waals surface area contributed by atoms with Gasteiger partial charge in [0.1, 0.15) is 6.04 Å². The highest BCUT2D eigenvalue weighted by Crippen LogP contribution is 2.17. The zero-order valence-electron chi connectivity index (χ0n) is 14.4. The summed E-state index contributed by atoms with van der Waals surface area (Å²) >= 11 is 0.607. The summed E-state index contributed by atoms with van der Waals surface area (Å²) in [7, 11) is 0. The van der Waals surface area contributed by atoms with Crippen molar-refractivity contribution in [3.8, 4) is 0 Å². The monoisotopic (exact) mass is 386 g/mol. The molecule has 0 aliphatic rings. The standard InChI is InChI=1S/C19H18N2O5S/c1-12(18(24)25)20-16(23)17(21-15(22)13-8-4-2-5-9-13)27-19(26)14-10-6-3-7-11-14/h2-12,17H,1H3,(H,20,23)(H,21,22)(H,24,25). The second-order valence-corrected chi connectivity index (χ2v) is 6.64. The largest absolute Gasteiger partial charge is 0.480 e. The number of benzene rings is 2.